The van der Waals surface area contributed by atoms with Crippen LogP contribution in [-0.2, 0) is 6.42 Å². The molecule has 0 spiro atoms. The van der Waals surface area contributed by atoms with Crippen molar-refractivity contribution in [3.8, 4) is 11.5 Å². The lowest BCUT2D eigenvalue weighted by Crippen LogP contribution is -2.13. The van der Waals surface area contributed by atoms with Gasteiger partial charge in [0, 0.05) is 29.6 Å². The van der Waals surface area contributed by atoms with Crippen LogP contribution in [0.4, 0.5) is 5.82 Å². The van der Waals surface area contributed by atoms with Gasteiger partial charge in [-0.15, -0.1) is 0 Å². The highest BCUT2D eigenvalue weighted by atomic mass is 16.1. The molecule has 1 aromatic carbocycles. The van der Waals surface area contributed by atoms with Crippen LogP contribution in [0, 0.1) is 13.8 Å². The standard InChI is InChI=1S/C20H21N5O/c1-13-14(2)24-20(17-8-3-4-10-22-17)25-19(13)23-11-9-15-6-5-7-16(12-15)18(21)26/h3-8,10,12H,9,11H2,1-2H3,(H2,21,26)(H,23,24,25). The Balaban J connectivity index is 1.74. The van der Waals surface area contributed by atoms with Gasteiger partial charge in [0.05, 0.1) is 0 Å². The van der Waals surface area contributed by atoms with Gasteiger partial charge in [0.15, 0.2) is 5.82 Å². The van der Waals surface area contributed by atoms with Crippen LogP contribution in [0.5, 0.6) is 0 Å². The average molecular weight is 347 g/mol. The van der Waals surface area contributed by atoms with Crippen molar-refractivity contribution in [2.24, 2.45) is 5.73 Å². The second-order valence-electron chi connectivity index (χ2n) is 6.06. The van der Waals surface area contributed by atoms with Crippen LogP contribution < -0.4 is 11.1 Å². The number of pyridine rings is 1. The van der Waals surface area contributed by atoms with Crippen LogP contribution in [0.15, 0.2) is 48.7 Å². The van der Waals surface area contributed by atoms with E-state index in [0.29, 0.717) is 17.9 Å². The molecule has 26 heavy (non-hydrogen) atoms. The molecule has 132 valence electrons. The van der Waals surface area contributed by atoms with Gasteiger partial charge in [0.1, 0.15) is 11.5 Å². The van der Waals surface area contributed by atoms with Gasteiger partial charge in [-0.2, -0.15) is 0 Å². The van der Waals surface area contributed by atoms with Gasteiger partial charge in [-0.05, 0) is 50.1 Å². The molecule has 0 bridgehead atoms. The molecule has 0 unspecified atom stereocenters. The summed E-state index contributed by atoms with van der Waals surface area (Å²) in [5.74, 6) is 0.984. The topological polar surface area (TPSA) is 93.8 Å². The molecule has 0 atom stereocenters. The zero-order valence-electron chi connectivity index (χ0n) is 14.9. The molecule has 2 heterocycles. The minimum absolute atomic E-state index is 0.415. The summed E-state index contributed by atoms with van der Waals surface area (Å²) in [7, 11) is 0. The Bertz CT molecular complexity index is 925. The summed E-state index contributed by atoms with van der Waals surface area (Å²) in [4.78, 5) is 24.8. The Kier molecular flexibility index (Phi) is 5.22. The van der Waals surface area contributed by atoms with Gasteiger partial charge in [-0.1, -0.05) is 18.2 Å². The van der Waals surface area contributed by atoms with E-state index in [9.17, 15) is 4.79 Å². The maximum Gasteiger partial charge on any atom is 0.248 e. The number of hydrogen-bond donors (Lipinski definition) is 2. The Morgan fingerprint density at radius 1 is 1.12 bits per heavy atom. The highest BCUT2D eigenvalue weighted by molar-refractivity contribution is 5.92. The highest BCUT2D eigenvalue weighted by Gasteiger charge is 2.10. The summed E-state index contributed by atoms with van der Waals surface area (Å²) < 4.78 is 0. The Hall–Kier alpha value is -3.28. The van der Waals surface area contributed by atoms with Crippen molar-refractivity contribution in [1.29, 1.82) is 0 Å². The summed E-state index contributed by atoms with van der Waals surface area (Å²) in [5, 5.41) is 3.37. The first-order chi connectivity index (χ1) is 12.5. The number of nitrogens with two attached hydrogens (primary N) is 1. The molecule has 6 heteroatoms. The minimum atomic E-state index is -0.415. The predicted molar refractivity (Wildman–Crippen MR) is 102 cm³/mol. The normalized spacial score (nSPS) is 10.5. The average Bonchev–Trinajstić information content (AvgIpc) is 2.66. The van der Waals surface area contributed by atoms with Gasteiger partial charge >= 0.3 is 0 Å². The second kappa shape index (κ2) is 7.74. The Morgan fingerprint density at radius 2 is 1.96 bits per heavy atom. The van der Waals surface area contributed by atoms with Crippen molar-refractivity contribution in [3.05, 3.63) is 71.0 Å². The van der Waals surface area contributed by atoms with Crippen LogP contribution in [0.25, 0.3) is 11.5 Å². The van der Waals surface area contributed by atoms with Crippen LogP contribution in [0.1, 0.15) is 27.2 Å². The highest BCUT2D eigenvalue weighted by Crippen LogP contribution is 2.20. The molecule has 0 saturated heterocycles. The fourth-order valence-corrected chi connectivity index (χ4v) is 2.62. The van der Waals surface area contributed by atoms with Crippen LogP contribution in [-0.4, -0.2) is 27.4 Å². The molecule has 0 saturated carbocycles. The number of rotatable bonds is 6. The van der Waals surface area contributed by atoms with E-state index >= 15 is 0 Å². The molecule has 6 nitrogen and oxygen atoms in total. The smallest absolute Gasteiger partial charge is 0.248 e. The van der Waals surface area contributed by atoms with Gasteiger partial charge < -0.3 is 11.1 Å². The summed E-state index contributed by atoms with van der Waals surface area (Å²) >= 11 is 0. The van der Waals surface area contributed by atoms with Crippen molar-refractivity contribution in [2.75, 3.05) is 11.9 Å². The SMILES string of the molecule is Cc1nc(-c2ccccn2)nc(NCCc2cccc(C(N)=O)c2)c1C. The van der Waals surface area contributed by atoms with Gasteiger partial charge in [-0.3, -0.25) is 9.78 Å². The van der Waals surface area contributed by atoms with Crippen LogP contribution >= 0.6 is 0 Å². The number of benzene rings is 1. The molecule has 0 radical (unpaired) electrons. The molecular formula is C20H21N5O. The fraction of sp³-hybridized carbons (Fsp3) is 0.200. The fourth-order valence-electron chi connectivity index (χ4n) is 2.62. The molecule has 3 rings (SSSR count). The second-order valence-corrected chi connectivity index (χ2v) is 6.06. The van der Waals surface area contributed by atoms with E-state index < -0.39 is 5.91 Å². The number of carbonyl (C=O) groups is 1. The number of amides is 1. The third-order valence-electron chi connectivity index (χ3n) is 4.20. The summed E-state index contributed by atoms with van der Waals surface area (Å²) in [6.07, 6.45) is 2.48. The summed E-state index contributed by atoms with van der Waals surface area (Å²) in [6, 6.07) is 13.0. The summed E-state index contributed by atoms with van der Waals surface area (Å²) in [6.45, 7) is 4.64. The maximum atomic E-state index is 11.3. The third-order valence-corrected chi connectivity index (χ3v) is 4.20. The lowest BCUT2D eigenvalue weighted by molar-refractivity contribution is 0.1000. The number of hydrogen-bond acceptors (Lipinski definition) is 5. The molecule has 3 aromatic rings. The van der Waals surface area contributed by atoms with E-state index in [-0.39, 0.29) is 0 Å². The Labute approximate surface area is 152 Å². The third kappa shape index (κ3) is 4.03. The number of nitrogens with zero attached hydrogens (tertiary/aromatic N) is 3. The van der Waals surface area contributed by atoms with E-state index in [1.165, 1.54) is 0 Å². The van der Waals surface area contributed by atoms with E-state index in [1.807, 2.05) is 50.2 Å². The largest absolute Gasteiger partial charge is 0.369 e. The first kappa shape index (κ1) is 17.5. The van der Waals surface area contributed by atoms with Gasteiger partial charge in [0.25, 0.3) is 0 Å². The van der Waals surface area contributed by atoms with E-state index in [4.69, 9.17) is 5.73 Å². The number of primary amides is 1. The van der Waals surface area contributed by atoms with Gasteiger partial charge in [-0.25, -0.2) is 9.97 Å². The molecular weight excluding hydrogens is 326 g/mol. The number of carbonyl (C=O) groups excluding carboxylic acids is 1. The van der Waals surface area contributed by atoms with E-state index in [1.54, 1.807) is 12.3 Å². The van der Waals surface area contributed by atoms with Crippen LogP contribution in [0.3, 0.4) is 0 Å². The Morgan fingerprint density at radius 3 is 2.69 bits per heavy atom. The van der Waals surface area contributed by atoms with Crippen molar-refractivity contribution < 1.29 is 4.79 Å². The number of aryl methyl sites for hydroxylation is 1. The predicted octanol–water partition coefficient (Wildman–Crippen LogP) is 2.91. The summed E-state index contributed by atoms with van der Waals surface area (Å²) in [5.41, 5.74) is 9.57. The number of aromatic nitrogens is 3. The molecule has 0 aliphatic rings. The minimum Gasteiger partial charge on any atom is -0.369 e. The lowest BCUT2D eigenvalue weighted by Gasteiger charge is -2.12. The molecule has 0 aliphatic heterocycles. The zero-order chi connectivity index (χ0) is 18.5. The molecule has 1 amide bonds. The van der Waals surface area contributed by atoms with Crippen molar-refractivity contribution >= 4 is 11.7 Å². The molecule has 0 aliphatic carbocycles. The van der Waals surface area contributed by atoms with Crippen molar-refractivity contribution in [2.45, 2.75) is 20.3 Å². The number of anilines is 1. The first-order valence-corrected chi connectivity index (χ1v) is 8.44. The lowest BCUT2D eigenvalue weighted by atomic mass is 10.1. The molecule has 0 fully saturated rings. The molecule has 3 N–H and O–H groups in total. The first-order valence-electron chi connectivity index (χ1n) is 8.44. The quantitative estimate of drug-likeness (QED) is 0.715. The van der Waals surface area contributed by atoms with E-state index in [2.05, 4.69) is 20.3 Å². The maximum absolute atomic E-state index is 11.3. The van der Waals surface area contributed by atoms with Gasteiger partial charge in [0.2, 0.25) is 5.91 Å². The van der Waals surface area contributed by atoms with Crippen molar-refractivity contribution in [3.63, 3.8) is 0 Å². The zero-order valence-corrected chi connectivity index (χ0v) is 14.9. The number of nitrogens with one attached hydrogen (secondary N) is 1. The monoisotopic (exact) mass is 347 g/mol. The van der Waals surface area contributed by atoms with Crippen molar-refractivity contribution in [1.82, 2.24) is 15.0 Å². The molecule has 2 aromatic heterocycles. The van der Waals surface area contributed by atoms with E-state index in [0.717, 1.165) is 34.8 Å². The van der Waals surface area contributed by atoms with Crippen LogP contribution in [0.2, 0.25) is 0 Å².